The van der Waals surface area contributed by atoms with Crippen molar-refractivity contribution in [2.24, 2.45) is 0 Å². The summed E-state index contributed by atoms with van der Waals surface area (Å²) in [6.45, 7) is 6.22. The first-order chi connectivity index (χ1) is 12.8. The molecule has 5 nitrogen and oxygen atoms in total. The van der Waals surface area contributed by atoms with Crippen LogP contribution in [0.1, 0.15) is 22.3 Å². The van der Waals surface area contributed by atoms with E-state index in [9.17, 15) is 4.79 Å². The smallest absolute Gasteiger partial charge is 0.260 e. The fraction of sp³-hybridized carbons (Fsp3) is 0.381. The highest BCUT2D eigenvalue weighted by Crippen LogP contribution is 2.31. The fourth-order valence-corrected chi connectivity index (χ4v) is 3.23. The summed E-state index contributed by atoms with van der Waals surface area (Å²) in [6.07, 6.45) is 0. The molecule has 2 aromatic carbocycles. The van der Waals surface area contributed by atoms with Gasteiger partial charge in [0, 0.05) is 18.6 Å². The van der Waals surface area contributed by atoms with Crippen molar-refractivity contribution >= 4 is 17.5 Å². The number of rotatable bonds is 7. The Bertz CT molecular complexity index is 812. The number of carbonyl (C=O) groups is 1. The molecule has 0 heterocycles. The third-order valence-corrected chi connectivity index (χ3v) is 4.66. The SMILES string of the molecule is COc1cc(C)c(CN(C)C(=O)COc2c(C)cc(Cl)cc2C)cc1OC. The molecule has 0 radical (unpaired) electrons. The summed E-state index contributed by atoms with van der Waals surface area (Å²) in [5, 5.41) is 0.657. The van der Waals surface area contributed by atoms with Gasteiger partial charge in [-0.05, 0) is 67.3 Å². The lowest BCUT2D eigenvalue weighted by Gasteiger charge is -2.21. The van der Waals surface area contributed by atoms with E-state index in [2.05, 4.69) is 0 Å². The molecule has 2 rings (SSSR count). The van der Waals surface area contributed by atoms with Crippen LogP contribution in [0.2, 0.25) is 5.02 Å². The van der Waals surface area contributed by atoms with E-state index in [1.165, 1.54) is 0 Å². The highest BCUT2D eigenvalue weighted by Gasteiger charge is 2.15. The van der Waals surface area contributed by atoms with Crippen LogP contribution >= 0.6 is 11.6 Å². The summed E-state index contributed by atoms with van der Waals surface area (Å²) >= 11 is 6.04. The molecule has 146 valence electrons. The lowest BCUT2D eigenvalue weighted by molar-refractivity contribution is -0.132. The second-order valence-corrected chi connectivity index (χ2v) is 6.98. The topological polar surface area (TPSA) is 48.0 Å². The summed E-state index contributed by atoms with van der Waals surface area (Å²) in [5.74, 6) is 1.90. The van der Waals surface area contributed by atoms with Gasteiger partial charge in [0.25, 0.3) is 5.91 Å². The van der Waals surface area contributed by atoms with Crippen LogP contribution in [-0.4, -0.2) is 38.7 Å². The van der Waals surface area contributed by atoms with Gasteiger partial charge in [-0.15, -0.1) is 0 Å². The zero-order valence-corrected chi connectivity index (χ0v) is 17.4. The first kappa shape index (κ1) is 20.9. The van der Waals surface area contributed by atoms with Crippen LogP contribution in [0.25, 0.3) is 0 Å². The van der Waals surface area contributed by atoms with Crippen molar-refractivity contribution in [3.05, 3.63) is 51.5 Å². The maximum atomic E-state index is 12.5. The van der Waals surface area contributed by atoms with E-state index in [4.69, 9.17) is 25.8 Å². The minimum Gasteiger partial charge on any atom is -0.493 e. The predicted molar refractivity (Wildman–Crippen MR) is 107 cm³/mol. The van der Waals surface area contributed by atoms with Gasteiger partial charge in [0.05, 0.1) is 14.2 Å². The average molecular weight is 392 g/mol. The summed E-state index contributed by atoms with van der Waals surface area (Å²) in [6, 6.07) is 7.45. The molecular formula is C21H26ClNO4. The second kappa shape index (κ2) is 9.00. The van der Waals surface area contributed by atoms with Crippen LogP contribution in [0.4, 0.5) is 0 Å². The van der Waals surface area contributed by atoms with Gasteiger partial charge in [-0.2, -0.15) is 0 Å². The quantitative estimate of drug-likeness (QED) is 0.705. The van der Waals surface area contributed by atoms with Crippen LogP contribution < -0.4 is 14.2 Å². The summed E-state index contributed by atoms with van der Waals surface area (Å²) in [4.78, 5) is 14.2. The standard InChI is InChI=1S/C21H26ClNO4/c1-13-9-18(25-5)19(26-6)10-16(13)11-23(4)20(24)12-27-21-14(2)7-17(22)8-15(21)3/h7-10H,11-12H2,1-6H3. The Labute approximate surface area is 165 Å². The first-order valence-corrected chi connectivity index (χ1v) is 8.99. The second-order valence-electron chi connectivity index (χ2n) is 6.54. The molecule has 0 spiro atoms. The third-order valence-electron chi connectivity index (χ3n) is 4.44. The number of hydrogen-bond donors (Lipinski definition) is 0. The Morgan fingerprint density at radius 3 is 2.07 bits per heavy atom. The van der Waals surface area contributed by atoms with Crippen LogP contribution in [-0.2, 0) is 11.3 Å². The maximum Gasteiger partial charge on any atom is 0.260 e. The van der Waals surface area contributed by atoms with Crippen LogP contribution in [0, 0.1) is 20.8 Å². The van der Waals surface area contributed by atoms with Crippen molar-refractivity contribution < 1.29 is 19.0 Å². The Morgan fingerprint density at radius 2 is 1.52 bits per heavy atom. The van der Waals surface area contributed by atoms with Crippen molar-refractivity contribution in [2.45, 2.75) is 27.3 Å². The Morgan fingerprint density at radius 1 is 0.963 bits per heavy atom. The molecule has 0 bridgehead atoms. The molecule has 0 aliphatic carbocycles. The third kappa shape index (κ3) is 5.07. The minimum atomic E-state index is -0.113. The molecule has 0 unspecified atom stereocenters. The van der Waals surface area contributed by atoms with Gasteiger partial charge >= 0.3 is 0 Å². The molecule has 0 aromatic heterocycles. The zero-order valence-electron chi connectivity index (χ0n) is 16.7. The monoisotopic (exact) mass is 391 g/mol. The van der Waals surface area contributed by atoms with E-state index in [0.717, 1.165) is 22.3 Å². The Balaban J connectivity index is 2.06. The lowest BCUT2D eigenvalue weighted by Crippen LogP contribution is -2.31. The minimum absolute atomic E-state index is 0.0356. The number of carbonyl (C=O) groups excluding carboxylic acids is 1. The number of ether oxygens (including phenoxy) is 3. The first-order valence-electron chi connectivity index (χ1n) is 8.61. The molecule has 0 N–H and O–H groups in total. The summed E-state index contributed by atoms with van der Waals surface area (Å²) in [7, 11) is 4.95. The van der Waals surface area contributed by atoms with Gasteiger partial charge < -0.3 is 19.1 Å². The van der Waals surface area contributed by atoms with E-state index in [-0.39, 0.29) is 12.5 Å². The number of amides is 1. The average Bonchev–Trinajstić information content (AvgIpc) is 2.61. The van der Waals surface area contributed by atoms with Crippen LogP contribution in [0.3, 0.4) is 0 Å². The molecule has 0 saturated heterocycles. The molecule has 0 fully saturated rings. The van der Waals surface area contributed by atoms with Crippen LogP contribution in [0.15, 0.2) is 24.3 Å². The molecule has 2 aromatic rings. The molecule has 0 saturated carbocycles. The highest BCUT2D eigenvalue weighted by atomic mass is 35.5. The largest absolute Gasteiger partial charge is 0.493 e. The van der Waals surface area contributed by atoms with Crippen molar-refractivity contribution in [3.8, 4) is 17.2 Å². The van der Waals surface area contributed by atoms with Gasteiger partial charge in [-0.3, -0.25) is 4.79 Å². The Kier molecular flexibility index (Phi) is 6.97. The number of likely N-dealkylation sites (N-methyl/N-ethyl adjacent to an activating group) is 1. The molecule has 0 aliphatic rings. The molecular weight excluding hydrogens is 366 g/mol. The van der Waals surface area contributed by atoms with E-state index < -0.39 is 0 Å². The summed E-state index contributed by atoms with van der Waals surface area (Å²) < 4.78 is 16.4. The Hall–Kier alpha value is -2.40. The molecule has 0 aliphatic heterocycles. The molecule has 27 heavy (non-hydrogen) atoms. The number of hydrogen-bond acceptors (Lipinski definition) is 4. The van der Waals surface area contributed by atoms with Gasteiger partial charge in [0.15, 0.2) is 18.1 Å². The van der Waals surface area contributed by atoms with Crippen molar-refractivity contribution in [1.29, 1.82) is 0 Å². The van der Waals surface area contributed by atoms with E-state index in [0.29, 0.717) is 28.8 Å². The van der Waals surface area contributed by atoms with E-state index in [1.807, 2.05) is 45.0 Å². The van der Waals surface area contributed by atoms with E-state index >= 15 is 0 Å². The van der Waals surface area contributed by atoms with Crippen LogP contribution in [0.5, 0.6) is 17.2 Å². The maximum absolute atomic E-state index is 12.5. The zero-order chi connectivity index (χ0) is 20.1. The normalized spacial score (nSPS) is 10.5. The van der Waals surface area contributed by atoms with E-state index in [1.54, 1.807) is 26.2 Å². The number of nitrogens with zero attached hydrogens (tertiary/aromatic N) is 1. The number of benzene rings is 2. The van der Waals surface area contributed by atoms with Gasteiger partial charge in [0.1, 0.15) is 5.75 Å². The molecule has 1 amide bonds. The van der Waals surface area contributed by atoms with Crippen molar-refractivity contribution in [2.75, 3.05) is 27.9 Å². The molecule has 0 atom stereocenters. The van der Waals surface area contributed by atoms with Gasteiger partial charge in [-0.1, -0.05) is 11.6 Å². The van der Waals surface area contributed by atoms with Gasteiger partial charge in [-0.25, -0.2) is 0 Å². The number of methoxy groups -OCH3 is 2. The van der Waals surface area contributed by atoms with Gasteiger partial charge in [0.2, 0.25) is 0 Å². The summed E-state index contributed by atoms with van der Waals surface area (Å²) in [5.41, 5.74) is 3.83. The predicted octanol–water partition coefficient (Wildman–Crippen LogP) is 4.32. The van der Waals surface area contributed by atoms with Crippen molar-refractivity contribution in [3.63, 3.8) is 0 Å². The molecule has 6 heteroatoms. The highest BCUT2D eigenvalue weighted by molar-refractivity contribution is 6.30. The van der Waals surface area contributed by atoms with Crippen molar-refractivity contribution in [1.82, 2.24) is 4.90 Å². The number of halogens is 1. The number of aryl methyl sites for hydroxylation is 3. The fourth-order valence-electron chi connectivity index (χ4n) is 2.91. The lowest BCUT2D eigenvalue weighted by atomic mass is 10.1.